The molecule has 0 aliphatic carbocycles. The number of rotatable bonds is 2. The van der Waals surface area contributed by atoms with Gasteiger partial charge in [-0.1, -0.05) is 43.8 Å². The Morgan fingerprint density at radius 1 is 1.19 bits per heavy atom. The van der Waals surface area contributed by atoms with Gasteiger partial charge in [0.2, 0.25) is 0 Å². The molecule has 16 heavy (non-hydrogen) atoms. The van der Waals surface area contributed by atoms with E-state index in [1.54, 1.807) is 13.4 Å². The molecule has 0 aromatic heterocycles. The molecule has 0 amide bonds. The van der Waals surface area contributed by atoms with Crippen LogP contribution < -0.4 is 0 Å². The van der Waals surface area contributed by atoms with Crippen LogP contribution in [0.25, 0.3) is 6.08 Å². The molecule has 0 fully saturated rings. The molecule has 0 bridgehead atoms. The molecular weight excluding hydrogens is 212 g/mol. The number of methoxy groups -OCH3 is 1. The number of hydrogen-bond acceptors (Lipinski definition) is 1. The van der Waals surface area contributed by atoms with E-state index < -0.39 is 8.07 Å². The lowest BCUT2D eigenvalue weighted by Gasteiger charge is -2.04. The Morgan fingerprint density at radius 2 is 1.88 bits per heavy atom. The van der Waals surface area contributed by atoms with E-state index in [4.69, 9.17) is 4.74 Å². The quantitative estimate of drug-likeness (QED) is 0.429. The second-order valence-electron chi connectivity index (χ2n) is 4.63. The van der Waals surface area contributed by atoms with Gasteiger partial charge in [0.25, 0.3) is 0 Å². The van der Waals surface area contributed by atoms with Gasteiger partial charge in [0.15, 0.2) is 0 Å². The summed E-state index contributed by atoms with van der Waals surface area (Å²) in [6.07, 6.45) is 3.61. The molecule has 0 radical (unpaired) electrons. The zero-order valence-corrected chi connectivity index (χ0v) is 11.4. The van der Waals surface area contributed by atoms with Crippen molar-refractivity contribution in [2.75, 3.05) is 7.11 Å². The normalized spacial score (nSPS) is 11.0. The minimum atomic E-state index is -1.31. The second kappa shape index (κ2) is 5.57. The standard InChI is InChI=1S/C14H18OSi/c1-15-11-9-13-7-5-6-8-14(13)10-12-16(2,3)4/h5-9,11H,1-4H3/b11-9+. The summed E-state index contributed by atoms with van der Waals surface area (Å²) in [5.74, 6) is 3.27. The molecule has 0 saturated heterocycles. The first kappa shape index (κ1) is 12.6. The van der Waals surface area contributed by atoms with Crippen molar-refractivity contribution >= 4 is 14.1 Å². The molecule has 0 saturated carbocycles. The maximum atomic E-state index is 4.93. The summed E-state index contributed by atoms with van der Waals surface area (Å²) in [6, 6.07) is 8.11. The minimum absolute atomic E-state index is 1.07. The van der Waals surface area contributed by atoms with E-state index in [9.17, 15) is 0 Å². The lowest BCUT2D eigenvalue weighted by molar-refractivity contribution is 0.341. The van der Waals surface area contributed by atoms with Gasteiger partial charge in [-0.05, 0) is 17.7 Å². The van der Waals surface area contributed by atoms with Crippen molar-refractivity contribution < 1.29 is 4.74 Å². The van der Waals surface area contributed by atoms with Crippen LogP contribution in [0, 0.1) is 11.5 Å². The van der Waals surface area contributed by atoms with Gasteiger partial charge < -0.3 is 4.74 Å². The molecule has 2 heteroatoms. The lowest BCUT2D eigenvalue weighted by Crippen LogP contribution is -2.16. The van der Waals surface area contributed by atoms with Crippen LogP contribution in [0.15, 0.2) is 30.5 Å². The van der Waals surface area contributed by atoms with E-state index in [0.29, 0.717) is 0 Å². The van der Waals surface area contributed by atoms with Crippen LogP contribution in [0.5, 0.6) is 0 Å². The highest BCUT2D eigenvalue weighted by atomic mass is 28.3. The average Bonchev–Trinajstić information content (AvgIpc) is 2.23. The van der Waals surface area contributed by atoms with Gasteiger partial charge in [-0.15, -0.1) is 5.54 Å². The van der Waals surface area contributed by atoms with Crippen LogP contribution in [0.1, 0.15) is 11.1 Å². The van der Waals surface area contributed by atoms with Crippen molar-refractivity contribution in [1.82, 2.24) is 0 Å². The maximum Gasteiger partial charge on any atom is 0.129 e. The fourth-order valence-electron chi connectivity index (χ4n) is 1.15. The van der Waals surface area contributed by atoms with Gasteiger partial charge in [-0.3, -0.25) is 0 Å². The largest absolute Gasteiger partial charge is 0.504 e. The molecule has 1 aromatic carbocycles. The summed E-state index contributed by atoms with van der Waals surface area (Å²) in [6.45, 7) is 6.73. The number of ether oxygens (including phenoxy) is 1. The molecule has 0 N–H and O–H groups in total. The highest BCUT2D eigenvalue weighted by molar-refractivity contribution is 6.83. The van der Waals surface area contributed by atoms with E-state index in [2.05, 4.69) is 31.1 Å². The molecule has 0 aliphatic heterocycles. The fraction of sp³-hybridized carbons (Fsp3) is 0.286. The third-order valence-electron chi connectivity index (χ3n) is 1.92. The summed E-state index contributed by atoms with van der Waals surface area (Å²) in [5.41, 5.74) is 5.54. The van der Waals surface area contributed by atoms with Crippen molar-refractivity contribution in [1.29, 1.82) is 0 Å². The van der Waals surface area contributed by atoms with Crippen LogP contribution in [0.3, 0.4) is 0 Å². The summed E-state index contributed by atoms with van der Waals surface area (Å²) >= 11 is 0. The van der Waals surface area contributed by atoms with E-state index in [1.165, 1.54) is 0 Å². The minimum Gasteiger partial charge on any atom is -0.504 e. The Bertz CT molecular complexity index is 430. The average molecular weight is 230 g/mol. The molecule has 1 nitrogen and oxygen atoms in total. The Balaban J connectivity index is 3.03. The van der Waals surface area contributed by atoms with E-state index in [0.717, 1.165) is 11.1 Å². The fourth-order valence-corrected chi connectivity index (χ4v) is 1.66. The molecule has 84 valence electrons. The highest BCUT2D eigenvalue weighted by Crippen LogP contribution is 2.10. The molecule has 0 unspecified atom stereocenters. The van der Waals surface area contributed by atoms with Crippen LogP contribution >= 0.6 is 0 Å². The first-order valence-electron chi connectivity index (χ1n) is 5.34. The van der Waals surface area contributed by atoms with Crippen LogP contribution in [-0.4, -0.2) is 15.2 Å². The predicted octanol–water partition coefficient (Wildman–Crippen LogP) is 3.53. The summed E-state index contributed by atoms with van der Waals surface area (Å²) in [5, 5.41) is 0. The zero-order chi connectivity index (χ0) is 12.0. The van der Waals surface area contributed by atoms with Crippen molar-refractivity contribution in [3.8, 4) is 11.5 Å². The summed E-state index contributed by atoms with van der Waals surface area (Å²) in [7, 11) is 0.335. The third-order valence-corrected chi connectivity index (χ3v) is 2.79. The number of benzene rings is 1. The molecule has 0 spiro atoms. The first-order chi connectivity index (χ1) is 7.53. The van der Waals surface area contributed by atoms with Crippen molar-refractivity contribution in [3.63, 3.8) is 0 Å². The van der Waals surface area contributed by atoms with Crippen LogP contribution in [0.2, 0.25) is 19.6 Å². The van der Waals surface area contributed by atoms with Crippen molar-refractivity contribution in [2.45, 2.75) is 19.6 Å². The number of hydrogen-bond donors (Lipinski definition) is 0. The molecular formula is C14H18OSi. The molecule has 1 aromatic rings. The Labute approximate surface area is 99.2 Å². The molecule has 0 aliphatic rings. The van der Waals surface area contributed by atoms with Crippen LogP contribution in [0.4, 0.5) is 0 Å². The molecule has 1 rings (SSSR count). The lowest BCUT2D eigenvalue weighted by atomic mass is 10.1. The smallest absolute Gasteiger partial charge is 0.129 e. The van der Waals surface area contributed by atoms with Gasteiger partial charge >= 0.3 is 0 Å². The van der Waals surface area contributed by atoms with Crippen molar-refractivity contribution in [2.24, 2.45) is 0 Å². The van der Waals surface area contributed by atoms with E-state index >= 15 is 0 Å². The van der Waals surface area contributed by atoms with Crippen LogP contribution in [-0.2, 0) is 4.74 Å². The molecule has 0 atom stereocenters. The second-order valence-corrected chi connectivity index (χ2v) is 9.38. The maximum absolute atomic E-state index is 4.93. The van der Waals surface area contributed by atoms with Gasteiger partial charge in [-0.2, -0.15) is 0 Å². The predicted molar refractivity (Wildman–Crippen MR) is 72.7 cm³/mol. The van der Waals surface area contributed by atoms with Gasteiger partial charge in [0.05, 0.1) is 13.4 Å². The van der Waals surface area contributed by atoms with Gasteiger partial charge in [0, 0.05) is 5.56 Å². The third kappa shape index (κ3) is 4.37. The van der Waals surface area contributed by atoms with E-state index in [1.807, 2.05) is 30.3 Å². The zero-order valence-electron chi connectivity index (χ0n) is 10.4. The first-order valence-corrected chi connectivity index (χ1v) is 8.84. The monoisotopic (exact) mass is 230 g/mol. The summed E-state index contributed by atoms with van der Waals surface area (Å²) in [4.78, 5) is 0. The van der Waals surface area contributed by atoms with Crippen molar-refractivity contribution in [3.05, 3.63) is 41.7 Å². The molecule has 0 heterocycles. The summed E-state index contributed by atoms with van der Waals surface area (Å²) < 4.78 is 4.93. The Morgan fingerprint density at radius 3 is 2.50 bits per heavy atom. The highest BCUT2D eigenvalue weighted by Gasteiger charge is 2.07. The SMILES string of the molecule is CO/C=C/c1ccccc1C#C[Si](C)(C)C. The van der Waals surface area contributed by atoms with Gasteiger partial charge in [-0.25, -0.2) is 0 Å². The topological polar surface area (TPSA) is 9.23 Å². The van der Waals surface area contributed by atoms with E-state index in [-0.39, 0.29) is 0 Å². The van der Waals surface area contributed by atoms with Gasteiger partial charge in [0.1, 0.15) is 8.07 Å². The Hall–Kier alpha value is -1.46. The Kier molecular flexibility index (Phi) is 4.39.